The molecule has 0 spiro atoms. The number of hydrogen-bond acceptors (Lipinski definition) is 7. The highest BCUT2D eigenvalue weighted by atomic mass is 32.2. The lowest BCUT2D eigenvalue weighted by atomic mass is 10.1. The molecule has 0 atom stereocenters. The molecular formula is C27H39N3O5S2. The molecule has 1 saturated heterocycles. The molecule has 4 rings (SSSR count). The van der Waals surface area contributed by atoms with E-state index in [1.807, 2.05) is 16.2 Å². The standard InChI is InChI=1S/C27H39N3O5S2/c1-20-14-23(34-4)15-21(2)27(20)37(32,33)28(3)12-13-35-19-26(31)30-11-8-25-22(17-30)16-24(36-25)18-29-9-6-5-7-10-29/h14-16H,5-13,17-19H2,1-4H3. The molecule has 2 aliphatic heterocycles. The fraction of sp³-hybridized carbons (Fsp3) is 0.593. The minimum atomic E-state index is -3.69. The van der Waals surface area contributed by atoms with E-state index in [4.69, 9.17) is 9.47 Å². The number of piperidine rings is 1. The molecule has 8 nitrogen and oxygen atoms in total. The van der Waals surface area contributed by atoms with Gasteiger partial charge in [-0.2, -0.15) is 4.31 Å². The minimum absolute atomic E-state index is 0.0470. The maximum atomic E-state index is 13.1. The van der Waals surface area contributed by atoms with E-state index in [0.29, 0.717) is 30.0 Å². The number of ether oxygens (including phenoxy) is 2. The molecule has 1 aromatic carbocycles. The number of nitrogens with zero attached hydrogens (tertiary/aromatic N) is 3. The number of thiophene rings is 1. The van der Waals surface area contributed by atoms with Gasteiger partial charge in [0.2, 0.25) is 15.9 Å². The van der Waals surface area contributed by atoms with Crippen LogP contribution >= 0.6 is 11.3 Å². The molecule has 0 N–H and O–H groups in total. The summed E-state index contributed by atoms with van der Waals surface area (Å²) in [5.74, 6) is 0.575. The van der Waals surface area contributed by atoms with Gasteiger partial charge in [-0.3, -0.25) is 9.69 Å². The Hall–Kier alpha value is -1.98. The topological polar surface area (TPSA) is 79.4 Å². The van der Waals surface area contributed by atoms with Gasteiger partial charge in [0.05, 0.1) is 18.6 Å². The number of fused-ring (bicyclic) bond motifs is 1. The maximum absolute atomic E-state index is 13.1. The van der Waals surface area contributed by atoms with Crippen molar-refractivity contribution in [2.45, 2.75) is 57.5 Å². The van der Waals surface area contributed by atoms with Crippen molar-refractivity contribution in [2.24, 2.45) is 0 Å². The van der Waals surface area contributed by atoms with Crippen LogP contribution in [0.3, 0.4) is 0 Å². The molecule has 3 heterocycles. The largest absolute Gasteiger partial charge is 0.497 e. The molecule has 0 radical (unpaired) electrons. The average molecular weight is 550 g/mol. The summed E-state index contributed by atoms with van der Waals surface area (Å²) in [6.07, 6.45) is 4.80. The van der Waals surface area contributed by atoms with Crippen LogP contribution in [0.2, 0.25) is 0 Å². The van der Waals surface area contributed by atoms with Gasteiger partial charge in [-0.15, -0.1) is 11.3 Å². The smallest absolute Gasteiger partial charge is 0.248 e. The first-order chi connectivity index (χ1) is 17.7. The zero-order chi connectivity index (χ0) is 26.6. The summed E-state index contributed by atoms with van der Waals surface area (Å²) in [5.41, 5.74) is 2.53. The van der Waals surface area contributed by atoms with Gasteiger partial charge in [-0.05, 0) is 81.1 Å². The first-order valence-corrected chi connectivity index (χ1v) is 15.2. The molecule has 2 aliphatic rings. The van der Waals surface area contributed by atoms with Crippen molar-refractivity contribution in [3.8, 4) is 5.75 Å². The Morgan fingerprint density at radius 3 is 2.46 bits per heavy atom. The predicted octanol–water partition coefficient (Wildman–Crippen LogP) is 3.58. The number of hydrogen-bond donors (Lipinski definition) is 0. The monoisotopic (exact) mass is 549 g/mol. The lowest BCUT2D eigenvalue weighted by molar-refractivity contribution is -0.137. The van der Waals surface area contributed by atoms with E-state index < -0.39 is 10.0 Å². The zero-order valence-electron chi connectivity index (χ0n) is 22.4. The second-order valence-electron chi connectivity index (χ2n) is 10.0. The van der Waals surface area contributed by atoms with Crippen LogP contribution in [-0.4, -0.2) is 82.0 Å². The molecule has 204 valence electrons. The van der Waals surface area contributed by atoms with Crippen LogP contribution in [0, 0.1) is 13.8 Å². The Kier molecular flexibility index (Phi) is 9.29. The Morgan fingerprint density at radius 1 is 1.08 bits per heavy atom. The molecule has 0 saturated carbocycles. The SMILES string of the molecule is COc1cc(C)c(S(=O)(=O)N(C)CCOCC(=O)N2CCc3sc(CN4CCCCC4)cc3C2)c(C)c1. The lowest BCUT2D eigenvalue weighted by Gasteiger charge is -2.27. The van der Waals surface area contributed by atoms with Crippen LogP contribution < -0.4 is 4.74 Å². The van der Waals surface area contributed by atoms with Crippen molar-refractivity contribution in [3.05, 3.63) is 44.6 Å². The normalized spacial score (nSPS) is 16.7. The molecular weight excluding hydrogens is 510 g/mol. The minimum Gasteiger partial charge on any atom is -0.497 e. The number of benzene rings is 1. The number of carbonyl (C=O) groups excluding carboxylic acids is 1. The zero-order valence-corrected chi connectivity index (χ0v) is 24.0. The van der Waals surface area contributed by atoms with E-state index in [9.17, 15) is 13.2 Å². The molecule has 10 heteroatoms. The molecule has 0 bridgehead atoms. The van der Waals surface area contributed by atoms with E-state index >= 15 is 0 Å². The first-order valence-electron chi connectivity index (χ1n) is 13.0. The second kappa shape index (κ2) is 12.3. The number of carbonyl (C=O) groups is 1. The lowest BCUT2D eigenvalue weighted by Crippen LogP contribution is -2.38. The van der Waals surface area contributed by atoms with Gasteiger partial charge in [0.1, 0.15) is 12.4 Å². The third-order valence-corrected chi connectivity index (χ3v) is 10.6. The number of likely N-dealkylation sites (tertiary alicyclic amines) is 1. The molecule has 0 aliphatic carbocycles. The van der Waals surface area contributed by atoms with E-state index in [2.05, 4.69) is 11.0 Å². The van der Waals surface area contributed by atoms with Crippen molar-refractivity contribution in [3.63, 3.8) is 0 Å². The number of rotatable bonds is 10. The van der Waals surface area contributed by atoms with E-state index in [-0.39, 0.29) is 30.6 Å². The summed E-state index contributed by atoms with van der Waals surface area (Å²) in [6.45, 7) is 8.48. The first kappa shape index (κ1) is 28.0. The Labute approximate surface area is 225 Å². The van der Waals surface area contributed by atoms with Crippen LogP contribution in [0.4, 0.5) is 0 Å². The summed E-state index contributed by atoms with van der Waals surface area (Å²) in [7, 11) is -0.593. The summed E-state index contributed by atoms with van der Waals surface area (Å²) in [6, 6.07) is 5.71. The second-order valence-corrected chi connectivity index (χ2v) is 13.2. The van der Waals surface area contributed by atoms with Gasteiger partial charge < -0.3 is 14.4 Å². The van der Waals surface area contributed by atoms with Crippen molar-refractivity contribution in [1.29, 1.82) is 0 Å². The van der Waals surface area contributed by atoms with Crippen molar-refractivity contribution in [1.82, 2.24) is 14.1 Å². The number of likely N-dealkylation sites (N-methyl/N-ethyl adjacent to an activating group) is 1. The molecule has 1 fully saturated rings. The summed E-state index contributed by atoms with van der Waals surface area (Å²) < 4.78 is 38.4. The predicted molar refractivity (Wildman–Crippen MR) is 146 cm³/mol. The van der Waals surface area contributed by atoms with Gasteiger partial charge in [-0.25, -0.2) is 8.42 Å². The number of amides is 1. The molecule has 1 amide bonds. The van der Waals surface area contributed by atoms with Gasteiger partial charge in [0, 0.05) is 43.0 Å². The van der Waals surface area contributed by atoms with Gasteiger partial charge >= 0.3 is 0 Å². The van der Waals surface area contributed by atoms with E-state index in [1.54, 1.807) is 33.1 Å². The van der Waals surface area contributed by atoms with Gasteiger partial charge in [0.25, 0.3) is 0 Å². The van der Waals surface area contributed by atoms with Crippen LogP contribution in [0.15, 0.2) is 23.1 Å². The fourth-order valence-corrected chi connectivity index (χ4v) is 7.95. The highest BCUT2D eigenvalue weighted by molar-refractivity contribution is 7.89. The van der Waals surface area contributed by atoms with Gasteiger partial charge in [0.15, 0.2) is 0 Å². The van der Waals surface area contributed by atoms with Crippen molar-refractivity contribution < 1.29 is 22.7 Å². The third-order valence-electron chi connectivity index (χ3n) is 7.21. The highest BCUT2D eigenvalue weighted by Gasteiger charge is 2.26. The van der Waals surface area contributed by atoms with Crippen molar-refractivity contribution in [2.75, 3.05) is 53.6 Å². The molecule has 37 heavy (non-hydrogen) atoms. The molecule has 0 unspecified atom stereocenters. The molecule has 2 aromatic rings. The Morgan fingerprint density at radius 2 is 1.78 bits per heavy atom. The third kappa shape index (κ3) is 6.72. The van der Waals surface area contributed by atoms with E-state index in [1.165, 1.54) is 59.0 Å². The van der Waals surface area contributed by atoms with Gasteiger partial charge in [-0.1, -0.05) is 6.42 Å². The van der Waals surface area contributed by atoms with E-state index in [0.717, 1.165) is 13.0 Å². The number of aryl methyl sites for hydroxylation is 2. The summed E-state index contributed by atoms with van der Waals surface area (Å²) in [5, 5.41) is 0. The highest BCUT2D eigenvalue weighted by Crippen LogP contribution is 2.30. The summed E-state index contributed by atoms with van der Waals surface area (Å²) in [4.78, 5) is 20.3. The fourth-order valence-electron chi connectivity index (χ4n) is 5.18. The average Bonchev–Trinajstić information content (AvgIpc) is 3.27. The summed E-state index contributed by atoms with van der Waals surface area (Å²) >= 11 is 1.89. The Balaban J connectivity index is 1.25. The van der Waals surface area contributed by atoms with Crippen LogP contribution in [0.1, 0.15) is 45.7 Å². The maximum Gasteiger partial charge on any atom is 0.248 e. The number of methoxy groups -OCH3 is 1. The quantitative estimate of drug-likeness (QED) is 0.422. The van der Waals surface area contributed by atoms with Crippen LogP contribution in [-0.2, 0) is 39.1 Å². The molecule has 1 aromatic heterocycles. The van der Waals surface area contributed by atoms with Crippen LogP contribution in [0.25, 0.3) is 0 Å². The van der Waals surface area contributed by atoms with Crippen molar-refractivity contribution >= 4 is 27.3 Å². The number of sulfonamides is 1. The van der Waals surface area contributed by atoms with Crippen LogP contribution in [0.5, 0.6) is 5.75 Å². The Bertz CT molecular complexity index is 1180.